The second-order valence-corrected chi connectivity index (χ2v) is 5.64. The van der Waals surface area contributed by atoms with Crippen molar-refractivity contribution < 1.29 is 19.7 Å². The van der Waals surface area contributed by atoms with Crippen molar-refractivity contribution >= 4 is 6.09 Å². The normalized spacial score (nSPS) is 12.7. The highest BCUT2D eigenvalue weighted by Crippen LogP contribution is 2.20. The molecule has 25 heavy (non-hydrogen) atoms. The Kier molecular flexibility index (Phi) is 6.52. The molecule has 3 N–H and O–H groups in total. The molecule has 0 heterocycles. The molecule has 0 spiro atoms. The lowest BCUT2D eigenvalue weighted by Gasteiger charge is -2.19. The van der Waals surface area contributed by atoms with Gasteiger partial charge in [-0.15, -0.1) is 0 Å². The maximum absolute atomic E-state index is 11.7. The van der Waals surface area contributed by atoms with Gasteiger partial charge in [0.2, 0.25) is 0 Å². The van der Waals surface area contributed by atoms with Gasteiger partial charge in [0.15, 0.2) is 0 Å². The van der Waals surface area contributed by atoms with Crippen LogP contribution < -0.4 is 5.32 Å². The third-order valence-electron chi connectivity index (χ3n) is 3.76. The molecule has 0 aliphatic rings. The Morgan fingerprint density at radius 2 is 1.96 bits per heavy atom. The highest BCUT2D eigenvalue weighted by molar-refractivity contribution is 5.67. The third-order valence-corrected chi connectivity index (χ3v) is 3.76. The topological polar surface area (TPSA) is 103 Å². The summed E-state index contributed by atoms with van der Waals surface area (Å²) < 4.78 is 5.03. The van der Waals surface area contributed by atoms with Crippen molar-refractivity contribution in [3.05, 3.63) is 70.8 Å². The van der Waals surface area contributed by atoms with E-state index in [0.29, 0.717) is 11.1 Å². The summed E-state index contributed by atoms with van der Waals surface area (Å²) in [4.78, 5) is 11.7. The Morgan fingerprint density at radius 1 is 1.24 bits per heavy atom. The number of ether oxygens (including phenoxy) is 1. The van der Waals surface area contributed by atoms with Crippen LogP contribution in [-0.2, 0) is 11.3 Å². The SMILES string of the molecule is Cc1ccc(C(O)C(O)CNC(=O)OCc2ccccc2)cc1C#N. The van der Waals surface area contributed by atoms with Gasteiger partial charge >= 0.3 is 6.09 Å². The van der Waals surface area contributed by atoms with Gasteiger partial charge in [0.1, 0.15) is 18.8 Å². The number of aryl methyl sites for hydroxylation is 1. The molecule has 2 aromatic carbocycles. The maximum Gasteiger partial charge on any atom is 0.407 e. The first-order valence-electron chi connectivity index (χ1n) is 7.82. The van der Waals surface area contributed by atoms with E-state index in [2.05, 4.69) is 5.32 Å². The van der Waals surface area contributed by atoms with Gasteiger partial charge in [-0.2, -0.15) is 5.26 Å². The molecule has 2 rings (SSSR count). The third kappa shape index (κ3) is 5.31. The number of nitrogens with zero attached hydrogens (tertiary/aromatic N) is 1. The number of carbonyl (C=O) groups excluding carboxylic acids is 1. The summed E-state index contributed by atoms with van der Waals surface area (Å²) in [5, 5.41) is 31.6. The fourth-order valence-electron chi connectivity index (χ4n) is 2.24. The summed E-state index contributed by atoms with van der Waals surface area (Å²) in [6.07, 6.45) is -3.13. The molecule has 0 bridgehead atoms. The number of hydrogen-bond acceptors (Lipinski definition) is 5. The molecule has 2 aromatic rings. The molecular weight excluding hydrogens is 320 g/mol. The van der Waals surface area contributed by atoms with Gasteiger partial charge in [0, 0.05) is 6.54 Å². The number of carbonyl (C=O) groups is 1. The molecule has 0 saturated heterocycles. The largest absolute Gasteiger partial charge is 0.445 e. The number of nitriles is 1. The van der Waals surface area contributed by atoms with E-state index >= 15 is 0 Å². The van der Waals surface area contributed by atoms with Gasteiger partial charge < -0.3 is 20.3 Å². The van der Waals surface area contributed by atoms with E-state index in [-0.39, 0.29) is 13.2 Å². The minimum atomic E-state index is -1.22. The van der Waals surface area contributed by atoms with Gasteiger partial charge in [-0.05, 0) is 29.7 Å². The van der Waals surface area contributed by atoms with E-state index in [1.54, 1.807) is 19.1 Å². The minimum absolute atomic E-state index is 0.120. The predicted octanol–water partition coefficient (Wildman–Crippen LogP) is 2.19. The molecule has 6 heteroatoms. The number of hydrogen-bond donors (Lipinski definition) is 3. The van der Waals surface area contributed by atoms with Gasteiger partial charge in [-0.25, -0.2) is 4.79 Å². The monoisotopic (exact) mass is 340 g/mol. The number of rotatable bonds is 6. The first-order valence-corrected chi connectivity index (χ1v) is 7.82. The fraction of sp³-hybridized carbons (Fsp3) is 0.263. The zero-order chi connectivity index (χ0) is 18.2. The van der Waals surface area contributed by atoms with Crippen LogP contribution in [0.2, 0.25) is 0 Å². The van der Waals surface area contributed by atoms with Crippen LogP contribution in [0.5, 0.6) is 0 Å². The molecule has 1 amide bonds. The molecule has 0 radical (unpaired) electrons. The smallest absolute Gasteiger partial charge is 0.407 e. The number of alkyl carbamates (subject to hydrolysis) is 1. The Bertz CT molecular complexity index is 756. The van der Waals surface area contributed by atoms with E-state index in [0.717, 1.165) is 11.1 Å². The van der Waals surface area contributed by atoms with Crippen LogP contribution in [0.25, 0.3) is 0 Å². The maximum atomic E-state index is 11.7. The molecule has 0 fully saturated rings. The van der Waals surface area contributed by atoms with Gasteiger partial charge in [-0.1, -0.05) is 42.5 Å². The van der Waals surface area contributed by atoms with Gasteiger partial charge in [0.25, 0.3) is 0 Å². The first kappa shape index (κ1) is 18.5. The van der Waals surface area contributed by atoms with Crippen LogP contribution >= 0.6 is 0 Å². The van der Waals surface area contributed by atoms with E-state index in [1.807, 2.05) is 36.4 Å². The lowest BCUT2D eigenvalue weighted by atomic mass is 9.99. The quantitative estimate of drug-likeness (QED) is 0.748. The summed E-state index contributed by atoms with van der Waals surface area (Å²) >= 11 is 0. The Hall–Kier alpha value is -2.88. The summed E-state index contributed by atoms with van der Waals surface area (Å²) in [5.41, 5.74) is 2.48. The van der Waals surface area contributed by atoms with Crippen molar-refractivity contribution in [1.82, 2.24) is 5.32 Å². The average Bonchev–Trinajstić information content (AvgIpc) is 2.65. The Morgan fingerprint density at radius 3 is 2.64 bits per heavy atom. The number of amides is 1. The number of nitrogens with one attached hydrogen (secondary N) is 1. The van der Waals surface area contributed by atoms with E-state index in [9.17, 15) is 15.0 Å². The van der Waals surface area contributed by atoms with Crippen molar-refractivity contribution in [2.75, 3.05) is 6.54 Å². The molecule has 0 aliphatic carbocycles. The lowest BCUT2D eigenvalue weighted by molar-refractivity contribution is 0.0184. The molecule has 0 aliphatic heterocycles. The second-order valence-electron chi connectivity index (χ2n) is 5.64. The minimum Gasteiger partial charge on any atom is -0.445 e. The summed E-state index contributed by atoms with van der Waals surface area (Å²) in [5.74, 6) is 0. The van der Waals surface area contributed by atoms with Crippen molar-refractivity contribution in [3.8, 4) is 6.07 Å². The van der Waals surface area contributed by atoms with Crippen LogP contribution in [-0.4, -0.2) is 29.0 Å². The van der Waals surface area contributed by atoms with E-state index in [4.69, 9.17) is 10.00 Å². The van der Waals surface area contributed by atoms with Crippen LogP contribution in [0.3, 0.4) is 0 Å². The van der Waals surface area contributed by atoms with Crippen LogP contribution in [0, 0.1) is 18.3 Å². The van der Waals surface area contributed by atoms with Gasteiger partial charge in [0.05, 0.1) is 11.6 Å². The van der Waals surface area contributed by atoms with E-state index < -0.39 is 18.3 Å². The lowest BCUT2D eigenvalue weighted by Crippen LogP contribution is -2.35. The van der Waals surface area contributed by atoms with Gasteiger partial charge in [-0.3, -0.25) is 0 Å². The van der Waals surface area contributed by atoms with Crippen LogP contribution in [0.1, 0.15) is 28.4 Å². The molecule has 0 saturated carbocycles. The number of aliphatic hydroxyl groups is 2. The summed E-state index contributed by atoms with van der Waals surface area (Å²) in [6.45, 7) is 1.73. The zero-order valence-corrected chi connectivity index (χ0v) is 13.8. The summed E-state index contributed by atoms with van der Waals surface area (Å²) in [7, 11) is 0. The fourth-order valence-corrected chi connectivity index (χ4v) is 2.24. The standard InChI is InChI=1S/C19H20N2O4/c1-13-7-8-15(9-16(13)10-20)18(23)17(22)11-21-19(24)25-12-14-5-3-2-4-6-14/h2-9,17-18,22-23H,11-12H2,1H3,(H,21,24). The van der Waals surface area contributed by atoms with Crippen molar-refractivity contribution in [1.29, 1.82) is 5.26 Å². The van der Waals surface area contributed by atoms with Crippen molar-refractivity contribution in [2.24, 2.45) is 0 Å². The Labute approximate surface area is 146 Å². The zero-order valence-electron chi connectivity index (χ0n) is 13.8. The summed E-state index contributed by atoms with van der Waals surface area (Å²) in [6, 6.07) is 16.1. The highest BCUT2D eigenvalue weighted by atomic mass is 16.5. The van der Waals surface area contributed by atoms with Crippen LogP contribution in [0.4, 0.5) is 4.79 Å². The second kappa shape index (κ2) is 8.83. The number of benzene rings is 2. The number of aliphatic hydroxyl groups excluding tert-OH is 2. The van der Waals surface area contributed by atoms with Crippen LogP contribution in [0.15, 0.2) is 48.5 Å². The molecular formula is C19H20N2O4. The molecule has 0 aromatic heterocycles. The molecule has 2 atom stereocenters. The van der Waals surface area contributed by atoms with Crippen molar-refractivity contribution in [3.63, 3.8) is 0 Å². The van der Waals surface area contributed by atoms with Crippen molar-refractivity contribution in [2.45, 2.75) is 25.7 Å². The highest BCUT2D eigenvalue weighted by Gasteiger charge is 2.20. The molecule has 2 unspecified atom stereocenters. The molecule has 130 valence electrons. The predicted molar refractivity (Wildman–Crippen MR) is 91.5 cm³/mol. The average molecular weight is 340 g/mol. The van der Waals surface area contributed by atoms with E-state index in [1.165, 1.54) is 6.07 Å². The first-order chi connectivity index (χ1) is 12.0. The Balaban J connectivity index is 1.83. The molecule has 6 nitrogen and oxygen atoms in total.